The highest BCUT2D eigenvalue weighted by Gasteiger charge is 1.99. The van der Waals surface area contributed by atoms with Gasteiger partial charge in [0.2, 0.25) is 0 Å². The van der Waals surface area contributed by atoms with E-state index in [0.29, 0.717) is 19.8 Å². The fraction of sp³-hybridized carbons (Fsp3) is 0.357. The number of aryl methyl sites for hydroxylation is 1. The Bertz CT molecular complexity index is 453. The number of hydrogen-bond acceptors (Lipinski definition) is 4. The molecule has 0 saturated carbocycles. The second kappa shape index (κ2) is 6.81. The molecule has 18 heavy (non-hydrogen) atoms. The molecule has 0 fully saturated rings. The lowest BCUT2D eigenvalue weighted by Crippen LogP contribution is -2.08. The number of rotatable bonds is 7. The van der Waals surface area contributed by atoms with Gasteiger partial charge in [0, 0.05) is 12.5 Å². The van der Waals surface area contributed by atoms with Gasteiger partial charge in [0.25, 0.3) is 0 Å². The van der Waals surface area contributed by atoms with Crippen LogP contribution in [0.1, 0.15) is 11.5 Å². The third-order valence-corrected chi connectivity index (χ3v) is 2.42. The van der Waals surface area contributed by atoms with Crippen molar-refractivity contribution >= 4 is 0 Å². The fourth-order valence-electron chi connectivity index (χ4n) is 1.55. The van der Waals surface area contributed by atoms with Crippen molar-refractivity contribution in [3.05, 3.63) is 47.9 Å². The standard InChI is InChI=1S/C14H17NO3/c1-12-11-13(15-18-12)7-8-16-9-10-17-14-5-3-2-4-6-14/h2-6,11H,7-10H2,1H3. The van der Waals surface area contributed by atoms with Crippen LogP contribution in [0.15, 0.2) is 40.9 Å². The van der Waals surface area contributed by atoms with E-state index < -0.39 is 0 Å². The summed E-state index contributed by atoms with van der Waals surface area (Å²) in [5.41, 5.74) is 0.927. The third-order valence-electron chi connectivity index (χ3n) is 2.42. The predicted molar refractivity (Wildman–Crippen MR) is 67.7 cm³/mol. The van der Waals surface area contributed by atoms with Gasteiger partial charge in [-0.05, 0) is 19.1 Å². The van der Waals surface area contributed by atoms with E-state index in [2.05, 4.69) is 5.16 Å². The molecule has 0 aliphatic heterocycles. The number of aromatic nitrogens is 1. The summed E-state index contributed by atoms with van der Waals surface area (Å²) in [5, 5.41) is 3.89. The molecule has 1 aromatic heterocycles. The minimum atomic E-state index is 0.557. The SMILES string of the molecule is Cc1cc(CCOCCOc2ccccc2)no1. The van der Waals surface area contributed by atoms with E-state index in [1.54, 1.807) is 0 Å². The van der Waals surface area contributed by atoms with Crippen molar-refractivity contribution in [3.8, 4) is 5.75 Å². The molecule has 0 radical (unpaired) electrons. The molecular formula is C14H17NO3. The highest BCUT2D eigenvalue weighted by molar-refractivity contribution is 5.20. The molecule has 0 unspecified atom stereocenters. The van der Waals surface area contributed by atoms with Crippen molar-refractivity contribution in [3.63, 3.8) is 0 Å². The second-order valence-corrected chi connectivity index (χ2v) is 3.95. The molecule has 0 spiro atoms. The molecule has 4 heteroatoms. The molecule has 1 heterocycles. The molecule has 96 valence electrons. The van der Waals surface area contributed by atoms with Crippen molar-refractivity contribution in [2.75, 3.05) is 19.8 Å². The Balaban J connectivity index is 1.54. The summed E-state index contributed by atoms with van der Waals surface area (Å²) in [6.07, 6.45) is 0.767. The summed E-state index contributed by atoms with van der Waals surface area (Å²) in [4.78, 5) is 0. The summed E-state index contributed by atoms with van der Waals surface area (Å²) in [6.45, 7) is 3.64. The average Bonchev–Trinajstić information content (AvgIpc) is 2.81. The van der Waals surface area contributed by atoms with Gasteiger partial charge in [0.1, 0.15) is 18.1 Å². The maximum atomic E-state index is 5.50. The van der Waals surface area contributed by atoms with Gasteiger partial charge in [-0.2, -0.15) is 0 Å². The molecule has 0 aliphatic rings. The van der Waals surface area contributed by atoms with Crippen molar-refractivity contribution in [2.24, 2.45) is 0 Å². The average molecular weight is 247 g/mol. The zero-order valence-corrected chi connectivity index (χ0v) is 10.5. The monoisotopic (exact) mass is 247 g/mol. The Labute approximate surface area is 107 Å². The number of hydrogen-bond donors (Lipinski definition) is 0. The summed E-state index contributed by atoms with van der Waals surface area (Å²) in [5.74, 6) is 1.70. The molecule has 1 aromatic carbocycles. The van der Waals surface area contributed by atoms with Gasteiger partial charge in [0.15, 0.2) is 0 Å². The lowest BCUT2D eigenvalue weighted by Gasteiger charge is -2.06. The van der Waals surface area contributed by atoms with Gasteiger partial charge in [-0.15, -0.1) is 0 Å². The van der Waals surface area contributed by atoms with Crippen LogP contribution in [0.5, 0.6) is 5.75 Å². The van der Waals surface area contributed by atoms with Crippen LogP contribution in [0.25, 0.3) is 0 Å². The minimum absolute atomic E-state index is 0.557. The van der Waals surface area contributed by atoms with Gasteiger partial charge in [-0.1, -0.05) is 23.4 Å². The second-order valence-electron chi connectivity index (χ2n) is 3.95. The summed E-state index contributed by atoms with van der Waals surface area (Å²) >= 11 is 0. The molecule has 0 saturated heterocycles. The Kier molecular flexibility index (Phi) is 4.78. The molecule has 4 nitrogen and oxygen atoms in total. The Morgan fingerprint density at radius 2 is 1.94 bits per heavy atom. The molecule has 0 bridgehead atoms. The van der Waals surface area contributed by atoms with Crippen LogP contribution in [0.4, 0.5) is 0 Å². The van der Waals surface area contributed by atoms with Gasteiger partial charge in [0.05, 0.1) is 18.9 Å². The maximum Gasteiger partial charge on any atom is 0.133 e. The molecule has 0 aliphatic carbocycles. The normalized spacial score (nSPS) is 10.5. The van der Waals surface area contributed by atoms with E-state index in [0.717, 1.165) is 23.6 Å². The van der Waals surface area contributed by atoms with Crippen molar-refractivity contribution in [2.45, 2.75) is 13.3 Å². The molecule has 0 atom stereocenters. The van der Waals surface area contributed by atoms with E-state index >= 15 is 0 Å². The molecule has 2 rings (SSSR count). The number of nitrogens with zero attached hydrogens (tertiary/aromatic N) is 1. The smallest absolute Gasteiger partial charge is 0.133 e. The molecule has 2 aromatic rings. The van der Waals surface area contributed by atoms with Gasteiger partial charge >= 0.3 is 0 Å². The van der Waals surface area contributed by atoms with Gasteiger partial charge in [-0.3, -0.25) is 0 Å². The quantitative estimate of drug-likeness (QED) is 0.705. The Morgan fingerprint density at radius 1 is 1.11 bits per heavy atom. The molecule has 0 N–H and O–H groups in total. The highest BCUT2D eigenvalue weighted by Crippen LogP contribution is 2.07. The first-order valence-electron chi connectivity index (χ1n) is 6.02. The van der Waals surface area contributed by atoms with Crippen LogP contribution in [0, 0.1) is 6.92 Å². The van der Waals surface area contributed by atoms with E-state index in [1.165, 1.54) is 0 Å². The number of ether oxygens (including phenoxy) is 2. The van der Waals surface area contributed by atoms with Gasteiger partial charge < -0.3 is 14.0 Å². The van der Waals surface area contributed by atoms with Crippen molar-refractivity contribution in [1.29, 1.82) is 0 Å². The van der Waals surface area contributed by atoms with Crippen molar-refractivity contribution < 1.29 is 14.0 Å². The zero-order valence-electron chi connectivity index (χ0n) is 10.5. The summed E-state index contributed by atoms with van der Waals surface area (Å²) < 4.78 is 15.9. The molecular weight excluding hydrogens is 230 g/mol. The summed E-state index contributed by atoms with van der Waals surface area (Å²) in [6, 6.07) is 11.6. The zero-order chi connectivity index (χ0) is 12.6. The lowest BCUT2D eigenvalue weighted by molar-refractivity contribution is 0.102. The van der Waals surface area contributed by atoms with E-state index in [1.807, 2.05) is 43.3 Å². The maximum absolute atomic E-state index is 5.50. The lowest BCUT2D eigenvalue weighted by atomic mass is 10.3. The fourth-order valence-corrected chi connectivity index (χ4v) is 1.55. The van der Waals surface area contributed by atoms with E-state index in [9.17, 15) is 0 Å². The van der Waals surface area contributed by atoms with Crippen LogP contribution in [-0.2, 0) is 11.2 Å². The van der Waals surface area contributed by atoms with Gasteiger partial charge in [-0.25, -0.2) is 0 Å². The Hall–Kier alpha value is -1.81. The van der Waals surface area contributed by atoms with Crippen LogP contribution in [0.2, 0.25) is 0 Å². The topological polar surface area (TPSA) is 44.5 Å². The van der Waals surface area contributed by atoms with Crippen LogP contribution in [-0.4, -0.2) is 25.0 Å². The number of para-hydroxylation sites is 1. The van der Waals surface area contributed by atoms with Crippen LogP contribution < -0.4 is 4.74 Å². The largest absolute Gasteiger partial charge is 0.491 e. The Morgan fingerprint density at radius 3 is 2.67 bits per heavy atom. The first kappa shape index (κ1) is 12.6. The third kappa shape index (κ3) is 4.22. The molecule has 0 amide bonds. The number of benzene rings is 1. The first-order chi connectivity index (χ1) is 8.84. The van der Waals surface area contributed by atoms with Crippen molar-refractivity contribution in [1.82, 2.24) is 5.16 Å². The minimum Gasteiger partial charge on any atom is -0.491 e. The first-order valence-corrected chi connectivity index (χ1v) is 6.02. The van der Waals surface area contributed by atoms with Crippen LogP contribution >= 0.6 is 0 Å². The van der Waals surface area contributed by atoms with E-state index in [4.69, 9.17) is 14.0 Å². The predicted octanol–water partition coefficient (Wildman–Crippen LogP) is 2.62. The van der Waals surface area contributed by atoms with E-state index in [-0.39, 0.29) is 0 Å². The summed E-state index contributed by atoms with van der Waals surface area (Å²) in [7, 11) is 0. The van der Waals surface area contributed by atoms with Crippen LogP contribution in [0.3, 0.4) is 0 Å². The highest BCUT2D eigenvalue weighted by atomic mass is 16.5.